The number of aliphatic carboxylic acids is 1. The quantitative estimate of drug-likeness (QED) is 0.412. The summed E-state index contributed by atoms with van der Waals surface area (Å²) in [6.45, 7) is 11.2. The maximum Gasteiger partial charge on any atom is 0.509 e. The minimum absolute atomic E-state index is 0.00375. The Balaban J connectivity index is 1.35. The molecular formula is C32H42F2O7. The van der Waals surface area contributed by atoms with Gasteiger partial charge in [-0.05, 0) is 80.4 Å². The van der Waals surface area contributed by atoms with Gasteiger partial charge < -0.3 is 19.7 Å². The summed E-state index contributed by atoms with van der Waals surface area (Å²) in [5, 5.41) is 22.3. The average molecular weight is 577 g/mol. The Morgan fingerprint density at radius 3 is 2.32 bits per heavy atom. The molecule has 0 aromatic carbocycles. The van der Waals surface area contributed by atoms with Gasteiger partial charge in [0.2, 0.25) is 5.60 Å². The Morgan fingerprint density at radius 1 is 1.05 bits per heavy atom. The topological polar surface area (TPSA) is 110 Å². The molecule has 9 heteroatoms. The van der Waals surface area contributed by atoms with E-state index >= 15 is 8.78 Å². The predicted octanol–water partition coefficient (Wildman–Crippen LogP) is 5.74. The van der Waals surface area contributed by atoms with Crippen LogP contribution in [0.4, 0.5) is 13.6 Å². The SMILES string of the molecule is CC1C[C@H]2[C@@H]3C[C@H](F)C4=CC(=O)C=C[C@]4(C)C3(F)[C@@H](O)C[C@]2(C)[C@]1(OC(=O)O[C@@H]1C[C@@H]2CC[C@@]1(C)C2(C)C)C(=O)O. The van der Waals surface area contributed by atoms with Gasteiger partial charge in [0.15, 0.2) is 11.5 Å². The molecule has 226 valence electrons. The van der Waals surface area contributed by atoms with Crippen LogP contribution in [-0.2, 0) is 19.1 Å². The fourth-order valence-electron chi connectivity index (χ4n) is 10.8. The van der Waals surface area contributed by atoms with Gasteiger partial charge in [-0.3, -0.25) is 4.79 Å². The number of carboxylic acids is 1. The minimum atomic E-state index is -2.35. The van der Waals surface area contributed by atoms with Crippen molar-refractivity contribution in [2.24, 2.45) is 45.3 Å². The molecule has 12 atom stereocenters. The number of fused-ring (bicyclic) bond motifs is 7. The molecule has 0 aromatic heterocycles. The van der Waals surface area contributed by atoms with Crippen LogP contribution in [0.25, 0.3) is 0 Å². The number of carbonyl (C=O) groups is 3. The summed E-state index contributed by atoms with van der Waals surface area (Å²) >= 11 is 0. The lowest BCUT2D eigenvalue weighted by atomic mass is 9.44. The number of allylic oxidation sites excluding steroid dienone is 4. The first kappa shape index (κ1) is 28.8. The van der Waals surface area contributed by atoms with E-state index in [2.05, 4.69) is 20.8 Å². The summed E-state index contributed by atoms with van der Waals surface area (Å²) in [7, 11) is 0. The average Bonchev–Trinajstić information content (AvgIpc) is 3.32. The second kappa shape index (κ2) is 8.42. The van der Waals surface area contributed by atoms with Crippen LogP contribution in [0.15, 0.2) is 23.8 Å². The van der Waals surface area contributed by atoms with Crippen molar-refractivity contribution in [3.8, 4) is 0 Å². The third-order valence-corrected chi connectivity index (χ3v) is 13.7. The van der Waals surface area contributed by atoms with Crippen molar-refractivity contribution in [3.63, 3.8) is 0 Å². The summed E-state index contributed by atoms with van der Waals surface area (Å²) in [4.78, 5) is 38.7. The first-order valence-corrected chi connectivity index (χ1v) is 15.0. The van der Waals surface area contributed by atoms with Crippen molar-refractivity contribution < 1.29 is 42.9 Å². The molecule has 2 bridgehead atoms. The molecular weight excluding hydrogens is 534 g/mol. The van der Waals surface area contributed by atoms with Crippen LogP contribution in [0.1, 0.15) is 80.1 Å². The first-order chi connectivity index (χ1) is 18.9. The highest BCUT2D eigenvalue weighted by Crippen LogP contribution is 2.72. The van der Waals surface area contributed by atoms with Gasteiger partial charge in [0.25, 0.3) is 0 Å². The standard InChI is InChI=1S/C32H42F2O7/c1-16-11-19-20-14-22(33)21-13-18(35)8-10-28(21,4)31(20,34)23(36)15-30(19,6)32(16,25(37)38)41-26(39)40-24-12-17-7-9-29(24,5)27(17,2)3/h8,10,13,16-17,19-20,22-24,36H,7,9,11-12,14-15H2,1-6H3,(H,37,38)/t16?,17-,19-,20-,22-,23-,24+,28-,29+,30-,31?,32+/m0/s1. The molecule has 2 N–H and O–H groups in total. The zero-order chi connectivity index (χ0) is 30.1. The zero-order valence-electron chi connectivity index (χ0n) is 24.7. The van der Waals surface area contributed by atoms with Crippen molar-refractivity contribution in [2.45, 2.75) is 110 Å². The van der Waals surface area contributed by atoms with Gasteiger partial charge in [0.05, 0.1) is 6.10 Å². The van der Waals surface area contributed by atoms with Crippen LogP contribution in [0, 0.1) is 45.3 Å². The number of aliphatic hydroxyl groups excluding tert-OH is 1. The fraction of sp³-hybridized carbons (Fsp3) is 0.781. The molecule has 0 aromatic rings. The van der Waals surface area contributed by atoms with Gasteiger partial charge in [-0.2, -0.15) is 0 Å². The third-order valence-electron chi connectivity index (χ3n) is 13.7. The molecule has 41 heavy (non-hydrogen) atoms. The molecule has 0 radical (unpaired) electrons. The van der Waals surface area contributed by atoms with E-state index in [1.807, 2.05) is 0 Å². The summed E-state index contributed by atoms with van der Waals surface area (Å²) in [6, 6.07) is 0. The van der Waals surface area contributed by atoms with E-state index in [0.717, 1.165) is 18.9 Å². The number of carbonyl (C=O) groups excluding carboxylic acids is 2. The van der Waals surface area contributed by atoms with Gasteiger partial charge in [0, 0.05) is 28.1 Å². The predicted molar refractivity (Wildman–Crippen MR) is 144 cm³/mol. The molecule has 0 spiro atoms. The Morgan fingerprint density at radius 2 is 1.73 bits per heavy atom. The monoisotopic (exact) mass is 576 g/mol. The van der Waals surface area contributed by atoms with Gasteiger partial charge in [0.1, 0.15) is 12.3 Å². The van der Waals surface area contributed by atoms with Crippen molar-refractivity contribution in [1.82, 2.24) is 0 Å². The van der Waals surface area contributed by atoms with Crippen LogP contribution in [-0.4, -0.2) is 57.8 Å². The maximum absolute atomic E-state index is 17.5. The summed E-state index contributed by atoms with van der Waals surface area (Å²) in [5.41, 5.74) is -7.73. The molecule has 6 rings (SSSR count). The lowest BCUT2D eigenvalue weighted by molar-refractivity contribution is -0.232. The number of ketones is 1. The summed E-state index contributed by atoms with van der Waals surface area (Å²) in [5.74, 6) is -3.96. The Hall–Kier alpha value is -2.29. The molecule has 5 saturated carbocycles. The lowest BCUT2D eigenvalue weighted by Crippen LogP contribution is -2.71. The van der Waals surface area contributed by atoms with Crippen LogP contribution in [0.5, 0.6) is 0 Å². The number of rotatable bonds is 3. The van der Waals surface area contributed by atoms with Crippen LogP contribution >= 0.6 is 0 Å². The minimum Gasteiger partial charge on any atom is -0.478 e. The molecule has 7 nitrogen and oxygen atoms in total. The van der Waals surface area contributed by atoms with E-state index < -0.39 is 76.1 Å². The Labute approximate surface area is 239 Å². The Kier molecular flexibility index (Phi) is 5.91. The molecule has 0 saturated heterocycles. The number of halogens is 2. The highest BCUT2D eigenvalue weighted by atomic mass is 19.1. The molecule has 2 unspecified atom stereocenters. The Bertz CT molecular complexity index is 1280. The van der Waals surface area contributed by atoms with Crippen LogP contribution in [0.3, 0.4) is 0 Å². The highest BCUT2D eigenvalue weighted by Gasteiger charge is 2.79. The largest absolute Gasteiger partial charge is 0.509 e. The van der Waals surface area contributed by atoms with Crippen molar-refractivity contribution in [2.75, 3.05) is 0 Å². The van der Waals surface area contributed by atoms with E-state index in [0.29, 0.717) is 12.3 Å². The van der Waals surface area contributed by atoms with Gasteiger partial charge in [-0.1, -0.05) is 40.7 Å². The number of aliphatic hydroxyl groups is 1. The second-order valence-corrected chi connectivity index (χ2v) is 15.1. The fourth-order valence-corrected chi connectivity index (χ4v) is 10.8. The van der Waals surface area contributed by atoms with Gasteiger partial charge >= 0.3 is 12.1 Å². The third kappa shape index (κ3) is 3.19. The smallest absolute Gasteiger partial charge is 0.478 e. The zero-order valence-corrected chi connectivity index (χ0v) is 24.7. The molecule has 6 aliphatic carbocycles. The molecule has 5 fully saturated rings. The van der Waals surface area contributed by atoms with Crippen LogP contribution in [0.2, 0.25) is 0 Å². The van der Waals surface area contributed by atoms with Crippen molar-refractivity contribution in [3.05, 3.63) is 23.8 Å². The molecule has 0 amide bonds. The van der Waals surface area contributed by atoms with E-state index in [-0.39, 0.29) is 35.7 Å². The number of hydrogen-bond donors (Lipinski definition) is 2. The van der Waals surface area contributed by atoms with Gasteiger partial charge in [-0.15, -0.1) is 0 Å². The normalized spacial score (nSPS) is 52.8. The maximum atomic E-state index is 17.5. The number of ether oxygens (including phenoxy) is 2. The van der Waals surface area contributed by atoms with Gasteiger partial charge in [-0.25, -0.2) is 18.4 Å². The second-order valence-electron chi connectivity index (χ2n) is 15.1. The van der Waals surface area contributed by atoms with Crippen molar-refractivity contribution >= 4 is 17.9 Å². The summed E-state index contributed by atoms with van der Waals surface area (Å²) < 4.78 is 45.0. The summed E-state index contributed by atoms with van der Waals surface area (Å²) in [6.07, 6.45) is 1.04. The van der Waals surface area contributed by atoms with Crippen molar-refractivity contribution in [1.29, 1.82) is 0 Å². The molecule has 0 heterocycles. The van der Waals surface area contributed by atoms with E-state index in [9.17, 15) is 24.6 Å². The number of alkyl halides is 2. The molecule has 6 aliphatic rings. The first-order valence-electron chi connectivity index (χ1n) is 15.0. The van der Waals surface area contributed by atoms with E-state index in [1.165, 1.54) is 19.1 Å². The number of carboxylic acid groups (broad SMARTS) is 1. The van der Waals surface area contributed by atoms with Crippen LogP contribution < -0.4 is 0 Å². The number of hydrogen-bond acceptors (Lipinski definition) is 6. The molecule has 0 aliphatic heterocycles. The lowest BCUT2D eigenvalue weighted by Gasteiger charge is -2.62. The highest BCUT2D eigenvalue weighted by molar-refractivity contribution is 6.01. The van der Waals surface area contributed by atoms with E-state index in [1.54, 1.807) is 13.8 Å². The van der Waals surface area contributed by atoms with E-state index in [4.69, 9.17) is 9.47 Å².